The maximum Gasteiger partial charge on any atom is 0.148 e. The standard InChI is InChI=1S/C16H23N5/c1-5-6-14-15(20-17)18-10-19-16(14)21(4)13-8-11(2)7-12(3)9-13/h7-10H,5-6,17H2,1-4H3,(H,18,19,20). The molecule has 3 N–H and O–H groups in total. The highest BCUT2D eigenvalue weighted by Crippen LogP contribution is 2.30. The van der Waals surface area contributed by atoms with E-state index in [0.717, 1.165) is 29.9 Å². The summed E-state index contributed by atoms with van der Waals surface area (Å²) in [5.41, 5.74) is 7.31. The molecule has 0 spiro atoms. The van der Waals surface area contributed by atoms with Crippen molar-refractivity contribution in [2.75, 3.05) is 17.4 Å². The molecule has 1 aromatic heterocycles. The number of rotatable bonds is 5. The third-order valence-corrected chi connectivity index (χ3v) is 3.47. The highest BCUT2D eigenvalue weighted by Gasteiger charge is 2.15. The zero-order valence-corrected chi connectivity index (χ0v) is 13.1. The lowest BCUT2D eigenvalue weighted by Crippen LogP contribution is -2.18. The Kier molecular flexibility index (Phi) is 4.75. The number of nitrogen functional groups attached to an aromatic ring is 1. The molecule has 2 aromatic rings. The van der Waals surface area contributed by atoms with Crippen molar-refractivity contribution in [2.24, 2.45) is 5.84 Å². The van der Waals surface area contributed by atoms with E-state index in [1.807, 2.05) is 7.05 Å². The van der Waals surface area contributed by atoms with E-state index in [4.69, 9.17) is 5.84 Å². The number of aryl methyl sites for hydroxylation is 2. The Morgan fingerprint density at radius 1 is 1.14 bits per heavy atom. The van der Waals surface area contributed by atoms with Crippen LogP contribution in [0.5, 0.6) is 0 Å². The zero-order chi connectivity index (χ0) is 15.4. The molecule has 0 saturated carbocycles. The molecule has 2 rings (SSSR count). The number of hydrogen-bond donors (Lipinski definition) is 2. The summed E-state index contributed by atoms with van der Waals surface area (Å²) in [4.78, 5) is 10.8. The minimum absolute atomic E-state index is 0.693. The minimum Gasteiger partial charge on any atom is -0.329 e. The Bertz CT molecular complexity index is 604. The number of nitrogens with one attached hydrogen (secondary N) is 1. The summed E-state index contributed by atoms with van der Waals surface area (Å²) in [6.45, 7) is 6.34. The lowest BCUT2D eigenvalue weighted by molar-refractivity contribution is 0.891. The van der Waals surface area contributed by atoms with Gasteiger partial charge in [0.25, 0.3) is 0 Å². The fourth-order valence-corrected chi connectivity index (χ4v) is 2.56. The van der Waals surface area contributed by atoms with Crippen LogP contribution >= 0.6 is 0 Å². The van der Waals surface area contributed by atoms with Gasteiger partial charge in [-0.25, -0.2) is 15.8 Å². The highest BCUT2D eigenvalue weighted by atomic mass is 15.3. The van der Waals surface area contributed by atoms with E-state index < -0.39 is 0 Å². The summed E-state index contributed by atoms with van der Waals surface area (Å²) in [7, 11) is 2.02. The first-order valence-corrected chi connectivity index (χ1v) is 7.19. The molecule has 21 heavy (non-hydrogen) atoms. The summed E-state index contributed by atoms with van der Waals surface area (Å²) < 4.78 is 0. The lowest BCUT2D eigenvalue weighted by Gasteiger charge is -2.23. The molecule has 112 valence electrons. The molecule has 0 unspecified atom stereocenters. The second-order valence-electron chi connectivity index (χ2n) is 5.32. The maximum absolute atomic E-state index is 5.58. The monoisotopic (exact) mass is 285 g/mol. The van der Waals surface area contributed by atoms with E-state index in [0.29, 0.717) is 5.82 Å². The Labute approximate surface area is 126 Å². The Balaban J connectivity index is 2.49. The van der Waals surface area contributed by atoms with Crippen LogP contribution in [-0.4, -0.2) is 17.0 Å². The van der Waals surface area contributed by atoms with Crippen molar-refractivity contribution in [3.8, 4) is 0 Å². The van der Waals surface area contributed by atoms with Crippen LogP contribution in [0.15, 0.2) is 24.5 Å². The number of anilines is 3. The molecule has 0 radical (unpaired) electrons. The molecule has 0 atom stereocenters. The molecule has 0 saturated heterocycles. The lowest BCUT2D eigenvalue weighted by atomic mass is 10.1. The fourth-order valence-electron chi connectivity index (χ4n) is 2.56. The summed E-state index contributed by atoms with van der Waals surface area (Å²) in [5.74, 6) is 7.16. The molecule has 5 heteroatoms. The normalized spacial score (nSPS) is 10.5. The largest absolute Gasteiger partial charge is 0.329 e. The molecule has 0 bridgehead atoms. The van der Waals surface area contributed by atoms with Crippen LogP contribution < -0.4 is 16.2 Å². The molecule has 0 aliphatic rings. The van der Waals surface area contributed by atoms with Crippen LogP contribution in [0, 0.1) is 13.8 Å². The van der Waals surface area contributed by atoms with E-state index in [2.05, 4.69) is 59.3 Å². The highest BCUT2D eigenvalue weighted by molar-refractivity contribution is 5.67. The summed E-state index contributed by atoms with van der Waals surface area (Å²) in [5, 5.41) is 0. The van der Waals surface area contributed by atoms with Crippen molar-refractivity contribution in [2.45, 2.75) is 33.6 Å². The molecule has 0 amide bonds. The fraction of sp³-hybridized carbons (Fsp3) is 0.375. The molecular formula is C16H23N5. The van der Waals surface area contributed by atoms with Gasteiger partial charge in [-0.15, -0.1) is 0 Å². The van der Waals surface area contributed by atoms with Crippen molar-refractivity contribution >= 4 is 17.3 Å². The zero-order valence-electron chi connectivity index (χ0n) is 13.1. The van der Waals surface area contributed by atoms with Gasteiger partial charge < -0.3 is 10.3 Å². The number of nitrogens with zero attached hydrogens (tertiary/aromatic N) is 3. The minimum atomic E-state index is 0.693. The van der Waals surface area contributed by atoms with Gasteiger partial charge in [-0.3, -0.25) is 0 Å². The Hall–Kier alpha value is -2.14. The van der Waals surface area contributed by atoms with E-state index in [-0.39, 0.29) is 0 Å². The van der Waals surface area contributed by atoms with E-state index in [1.165, 1.54) is 11.1 Å². The van der Waals surface area contributed by atoms with Crippen LogP contribution in [0.1, 0.15) is 30.0 Å². The van der Waals surface area contributed by atoms with Crippen molar-refractivity contribution < 1.29 is 0 Å². The number of benzene rings is 1. The molecule has 5 nitrogen and oxygen atoms in total. The van der Waals surface area contributed by atoms with Crippen LogP contribution in [0.25, 0.3) is 0 Å². The Morgan fingerprint density at radius 3 is 2.38 bits per heavy atom. The first-order chi connectivity index (χ1) is 10.1. The average molecular weight is 285 g/mol. The molecule has 1 heterocycles. The van der Waals surface area contributed by atoms with Gasteiger partial charge in [0, 0.05) is 18.3 Å². The second kappa shape index (κ2) is 6.54. The topological polar surface area (TPSA) is 67.1 Å². The van der Waals surface area contributed by atoms with Crippen molar-refractivity contribution in [1.29, 1.82) is 0 Å². The quantitative estimate of drug-likeness (QED) is 0.652. The van der Waals surface area contributed by atoms with Gasteiger partial charge >= 0.3 is 0 Å². The number of aromatic nitrogens is 2. The number of hydrazine groups is 1. The SMILES string of the molecule is CCCc1c(NN)ncnc1N(C)c1cc(C)cc(C)c1. The number of hydrogen-bond acceptors (Lipinski definition) is 5. The van der Waals surface area contributed by atoms with Crippen molar-refractivity contribution in [1.82, 2.24) is 9.97 Å². The van der Waals surface area contributed by atoms with Gasteiger partial charge in [0.05, 0.1) is 0 Å². The van der Waals surface area contributed by atoms with Crippen LogP contribution in [0.4, 0.5) is 17.3 Å². The van der Waals surface area contributed by atoms with Gasteiger partial charge in [0.2, 0.25) is 0 Å². The molecule has 0 fully saturated rings. The number of nitrogens with two attached hydrogens (primary N) is 1. The van der Waals surface area contributed by atoms with Gasteiger partial charge in [0.15, 0.2) is 0 Å². The predicted octanol–water partition coefficient (Wildman–Crippen LogP) is 3.10. The maximum atomic E-state index is 5.58. The second-order valence-corrected chi connectivity index (χ2v) is 5.32. The van der Waals surface area contributed by atoms with E-state index >= 15 is 0 Å². The summed E-state index contributed by atoms with van der Waals surface area (Å²) in [6.07, 6.45) is 3.43. The molecule has 0 aliphatic carbocycles. The van der Waals surface area contributed by atoms with Crippen LogP contribution in [0.2, 0.25) is 0 Å². The van der Waals surface area contributed by atoms with E-state index in [9.17, 15) is 0 Å². The predicted molar refractivity (Wildman–Crippen MR) is 87.8 cm³/mol. The van der Waals surface area contributed by atoms with Crippen LogP contribution in [0.3, 0.4) is 0 Å². The van der Waals surface area contributed by atoms with Gasteiger partial charge in [-0.1, -0.05) is 19.4 Å². The van der Waals surface area contributed by atoms with Gasteiger partial charge in [-0.05, 0) is 43.5 Å². The molecule has 1 aromatic carbocycles. The van der Waals surface area contributed by atoms with Crippen molar-refractivity contribution in [3.05, 3.63) is 41.2 Å². The van der Waals surface area contributed by atoms with E-state index in [1.54, 1.807) is 6.33 Å². The smallest absolute Gasteiger partial charge is 0.148 e. The first-order valence-electron chi connectivity index (χ1n) is 7.19. The molecular weight excluding hydrogens is 262 g/mol. The average Bonchev–Trinajstić information content (AvgIpc) is 2.46. The van der Waals surface area contributed by atoms with Crippen LogP contribution in [-0.2, 0) is 6.42 Å². The van der Waals surface area contributed by atoms with Gasteiger partial charge in [0.1, 0.15) is 18.0 Å². The molecule has 0 aliphatic heterocycles. The Morgan fingerprint density at radius 2 is 1.81 bits per heavy atom. The first kappa shape index (κ1) is 15.3. The summed E-state index contributed by atoms with van der Waals surface area (Å²) >= 11 is 0. The third kappa shape index (κ3) is 3.31. The van der Waals surface area contributed by atoms with Crippen molar-refractivity contribution in [3.63, 3.8) is 0 Å². The van der Waals surface area contributed by atoms with Gasteiger partial charge in [-0.2, -0.15) is 0 Å². The third-order valence-electron chi connectivity index (χ3n) is 3.47. The summed E-state index contributed by atoms with van der Waals surface area (Å²) in [6, 6.07) is 6.47.